The minimum absolute atomic E-state index is 0.0235. The predicted molar refractivity (Wildman–Crippen MR) is 136 cm³/mol. The molecule has 1 saturated heterocycles. The fourth-order valence-electron chi connectivity index (χ4n) is 4.28. The number of H-pyrrole nitrogens is 2. The number of aliphatic imine (C=N–C) groups is 1. The molecule has 0 spiro atoms. The third kappa shape index (κ3) is 4.17. The minimum Gasteiger partial charge on any atom is -0.395 e. The lowest BCUT2D eigenvalue weighted by atomic mass is 10.1. The van der Waals surface area contributed by atoms with E-state index in [2.05, 4.69) is 35.2 Å². The molecule has 1 aliphatic rings. The SMILES string of the molecule is CN=Cc1[nH]c(=O)c(-c2nc3c(F)c(N4CCCCC4=O)ccc3[nH]2)c(NCc2ncccn2)c1N. The Morgan fingerprint density at radius 1 is 1.22 bits per heavy atom. The van der Waals surface area contributed by atoms with Crippen LogP contribution in [0.1, 0.15) is 30.8 Å². The number of aromatic amines is 2. The van der Waals surface area contributed by atoms with Gasteiger partial charge < -0.3 is 25.9 Å². The van der Waals surface area contributed by atoms with Crippen molar-refractivity contribution < 1.29 is 9.18 Å². The Labute approximate surface area is 204 Å². The van der Waals surface area contributed by atoms with Gasteiger partial charge in [0.05, 0.1) is 34.8 Å². The summed E-state index contributed by atoms with van der Waals surface area (Å²) in [6.45, 7) is 0.630. The molecule has 36 heavy (non-hydrogen) atoms. The molecule has 12 heteroatoms. The molecular formula is C24H24FN9O2. The van der Waals surface area contributed by atoms with Gasteiger partial charge in [-0.1, -0.05) is 0 Å². The third-order valence-electron chi connectivity index (χ3n) is 6.01. The number of amides is 1. The van der Waals surface area contributed by atoms with Crippen LogP contribution in [0.2, 0.25) is 0 Å². The van der Waals surface area contributed by atoms with E-state index in [4.69, 9.17) is 5.73 Å². The number of piperidine rings is 1. The number of anilines is 3. The fourth-order valence-corrected chi connectivity index (χ4v) is 4.28. The number of nitrogens with two attached hydrogens (primary N) is 1. The van der Waals surface area contributed by atoms with Crippen LogP contribution in [0.3, 0.4) is 0 Å². The number of carbonyl (C=O) groups excluding carboxylic acids is 1. The summed E-state index contributed by atoms with van der Waals surface area (Å²) in [7, 11) is 1.56. The maximum atomic E-state index is 15.5. The van der Waals surface area contributed by atoms with Crippen molar-refractivity contribution in [3.63, 3.8) is 0 Å². The van der Waals surface area contributed by atoms with E-state index in [-0.39, 0.29) is 46.4 Å². The van der Waals surface area contributed by atoms with Crippen LogP contribution in [0.25, 0.3) is 22.4 Å². The lowest BCUT2D eigenvalue weighted by Crippen LogP contribution is -2.35. The maximum Gasteiger partial charge on any atom is 0.261 e. The van der Waals surface area contributed by atoms with Crippen molar-refractivity contribution in [3.8, 4) is 11.4 Å². The first-order valence-electron chi connectivity index (χ1n) is 11.4. The maximum absolute atomic E-state index is 15.5. The zero-order valence-corrected chi connectivity index (χ0v) is 19.5. The zero-order valence-electron chi connectivity index (χ0n) is 19.5. The zero-order chi connectivity index (χ0) is 25.2. The molecule has 0 unspecified atom stereocenters. The Morgan fingerprint density at radius 2 is 2.03 bits per heavy atom. The van der Waals surface area contributed by atoms with Gasteiger partial charge in [0.2, 0.25) is 5.91 Å². The van der Waals surface area contributed by atoms with Gasteiger partial charge in [0.15, 0.2) is 5.82 Å². The van der Waals surface area contributed by atoms with E-state index in [0.717, 1.165) is 12.8 Å². The van der Waals surface area contributed by atoms with Crippen molar-refractivity contribution in [3.05, 3.63) is 58.3 Å². The number of nitrogen functional groups attached to an aromatic ring is 1. The van der Waals surface area contributed by atoms with Crippen LogP contribution in [0, 0.1) is 5.82 Å². The normalized spacial score (nSPS) is 14.2. The first kappa shape index (κ1) is 23.1. The molecule has 1 fully saturated rings. The van der Waals surface area contributed by atoms with E-state index < -0.39 is 11.4 Å². The largest absolute Gasteiger partial charge is 0.395 e. The van der Waals surface area contributed by atoms with Crippen LogP contribution >= 0.6 is 0 Å². The monoisotopic (exact) mass is 489 g/mol. The van der Waals surface area contributed by atoms with Gasteiger partial charge in [0, 0.05) is 38.6 Å². The molecule has 0 atom stereocenters. The van der Waals surface area contributed by atoms with Crippen molar-refractivity contribution in [2.24, 2.45) is 4.99 Å². The van der Waals surface area contributed by atoms with Gasteiger partial charge in [-0.2, -0.15) is 0 Å². The van der Waals surface area contributed by atoms with Gasteiger partial charge in [0.1, 0.15) is 22.7 Å². The third-order valence-corrected chi connectivity index (χ3v) is 6.01. The molecule has 1 aromatic carbocycles. The first-order chi connectivity index (χ1) is 17.5. The van der Waals surface area contributed by atoms with E-state index in [1.54, 1.807) is 37.6 Å². The second-order valence-corrected chi connectivity index (χ2v) is 8.32. The number of carbonyl (C=O) groups is 1. The molecule has 184 valence electrons. The average Bonchev–Trinajstić information content (AvgIpc) is 3.31. The number of hydrogen-bond acceptors (Lipinski definition) is 8. The molecule has 4 aromatic rings. The van der Waals surface area contributed by atoms with Crippen LogP contribution in [-0.2, 0) is 11.3 Å². The number of fused-ring (bicyclic) bond motifs is 1. The van der Waals surface area contributed by atoms with E-state index in [0.29, 0.717) is 30.0 Å². The smallest absolute Gasteiger partial charge is 0.261 e. The Hall–Kier alpha value is -4.61. The van der Waals surface area contributed by atoms with Crippen molar-refractivity contribution >= 4 is 40.2 Å². The van der Waals surface area contributed by atoms with Crippen molar-refractivity contribution in [1.29, 1.82) is 0 Å². The van der Waals surface area contributed by atoms with Gasteiger partial charge in [0.25, 0.3) is 5.56 Å². The molecule has 0 saturated carbocycles. The number of pyridine rings is 1. The lowest BCUT2D eigenvalue weighted by Gasteiger charge is -2.27. The van der Waals surface area contributed by atoms with E-state index in [1.165, 1.54) is 11.1 Å². The van der Waals surface area contributed by atoms with E-state index in [1.807, 2.05) is 0 Å². The highest BCUT2D eigenvalue weighted by molar-refractivity contribution is 5.98. The van der Waals surface area contributed by atoms with Gasteiger partial charge in [-0.05, 0) is 31.0 Å². The molecule has 4 heterocycles. The summed E-state index contributed by atoms with van der Waals surface area (Å²) in [5, 5.41) is 3.13. The molecule has 3 aromatic heterocycles. The molecular weight excluding hydrogens is 465 g/mol. The quantitative estimate of drug-likeness (QED) is 0.303. The summed E-state index contributed by atoms with van der Waals surface area (Å²) in [6.07, 6.45) is 6.62. The lowest BCUT2D eigenvalue weighted by molar-refractivity contribution is -0.119. The topological polar surface area (TPSA) is 158 Å². The van der Waals surface area contributed by atoms with E-state index >= 15 is 4.39 Å². The van der Waals surface area contributed by atoms with Crippen LogP contribution in [-0.4, -0.2) is 50.6 Å². The fraction of sp³-hybridized carbons (Fsp3) is 0.250. The molecule has 1 aliphatic heterocycles. The number of benzene rings is 1. The summed E-state index contributed by atoms with van der Waals surface area (Å²) in [4.78, 5) is 49.4. The van der Waals surface area contributed by atoms with Gasteiger partial charge in [-0.3, -0.25) is 14.6 Å². The summed E-state index contributed by atoms with van der Waals surface area (Å²) < 4.78 is 15.5. The number of aromatic nitrogens is 5. The minimum atomic E-state index is -0.628. The van der Waals surface area contributed by atoms with Crippen LogP contribution in [0.15, 0.2) is 40.4 Å². The number of hydrogen-bond donors (Lipinski definition) is 4. The van der Waals surface area contributed by atoms with Crippen molar-refractivity contribution in [2.75, 3.05) is 29.5 Å². The molecule has 0 bridgehead atoms. The Kier molecular flexibility index (Phi) is 6.15. The molecule has 1 amide bonds. The molecule has 0 radical (unpaired) electrons. The highest BCUT2D eigenvalue weighted by Crippen LogP contribution is 2.34. The highest BCUT2D eigenvalue weighted by atomic mass is 19.1. The summed E-state index contributed by atoms with van der Waals surface area (Å²) >= 11 is 0. The van der Waals surface area contributed by atoms with Crippen LogP contribution < -0.4 is 21.5 Å². The Bertz CT molecular complexity index is 1530. The summed E-state index contributed by atoms with van der Waals surface area (Å²) in [5.41, 5.74) is 7.38. The van der Waals surface area contributed by atoms with E-state index in [9.17, 15) is 9.59 Å². The summed E-state index contributed by atoms with van der Waals surface area (Å²) in [5.74, 6) is -0.144. The number of halogens is 1. The average molecular weight is 490 g/mol. The number of nitrogens with zero attached hydrogens (tertiary/aromatic N) is 5. The standard InChI is InChI=1S/C24H24FN9O2/c1-27-11-14-20(26)22(30-12-16-28-8-4-9-29-16)18(24(36)32-14)23-31-13-6-7-15(19(25)21(13)33-23)34-10-3-2-5-17(34)35/h4,6-9,11H,2-3,5,10,12,26H2,1H3,(H,31,33)(H2,30,32,36). The van der Waals surface area contributed by atoms with Crippen molar-refractivity contribution in [1.82, 2.24) is 24.9 Å². The van der Waals surface area contributed by atoms with Crippen LogP contribution in [0.4, 0.5) is 21.5 Å². The van der Waals surface area contributed by atoms with Crippen LogP contribution in [0.5, 0.6) is 0 Å². The first-order valence-corrected chi connectivity index (χ1v) is 11.4. The van der Waals surface area contributed by atoms with Gasteiger partial charge in [-0.15, -0.1) is 0 Å². The Balaban J connectivity index is 1.62. The molecule has 11 nitrogen and oxygen atoms in total. The Morgan fingerprint density at radius 3 is 2.78 bits per heavy atom. The van der Waals surface area contributed by atoms with Gasteiger partial charge >= 0.3 is 0 Å². The molecule has 0 aliphatic carbocycles. The number of imidazole rings is 1. The second kappa shape index (κ2) is 9.56. The predicted octanol–water partition coefficient (Wildman–Crippen LogP) is 2.61. The summed E-state index contributed by atoms with van der Waals surface area (Å²) in [6, 6.07) is 4.89. The second-order valence-electron chi connectivity index (χ2n) is 8.32. The number of rotatable bonds is 6. The molecule has 5 N–H and O–H groups in total. The van der Waals surface area contributed by atoms with Gasteiger partial charge in [-0.25, -0.2) is 19.3 Å². The molecule has 5 rings (SSSR count). The number of nitrogens with one attached hydrogen (secondary N) is 3. The highest BCUT2D eigenvalue weighted by Gasteiger charge is 2.26. The van der Waals surface area contributed by atoms with Crippen molar-refractivity contribution in [2.45, 2.75) is 25.8 Å².